The average molecular weight is 324 g/mol. The van der Waals surface area contributed by atoms with Gasteiger partial charge in [-0.1, -0.05) is 6.07 Å². The zero-order chi connectivity index (χ0) is 16.4. The van der Waals surface area contributed by atoms with E-state index in [1.807, 2.05) is 39.9 Å². The van der Waals surface area contributed by atoms with Gasteiger partial charge < -0.3 is 10.2 Å². The molecule has 1 aliphatic rings. The van der Waals surface area contributed by atoms with Crippen LogP contribution in [0.4, 0.5) is 4.79 Å². The third kappa shape index (κ3) is 2.73. The van der Waals surface area contributed by atoms with Gasteiger partial charge in [-0.25, -0.2) is 9.31 Å². The van der Waals surface area contributed by atoms with Crippen LogP contribution in [0.5, 0.6) is 0 Å². The van der Waals surface area contributed by atoms with Crippen LogP contribution in [0.1, 0.15) is 36.6 Å². The molecule has 3 aromatic rings. The van der Waals surface area contributed by atoms with Crippen LogP contribution in [0.2, 0.25) is 0 Å². The molecule has 0 aromatic carbocycles. The van der Waals surface area contributed by atoms with E-state index < -0.39 is 0 Å². The Balaban J connectivity index is 1.47. The first-order valence-electron chi connectivity index (χ1n) is 8.28. The number of carbonyl (C=O) groups excluding carboxylic acids is 1. The van der Waals surface area contributed by atoms with E-state index in [1.165, 1.54) is 0 Å². The molecule has 0 saturated carbocycles. The lowest BCUT2D eigenvalue weighted by Gasteiger charge is -2.35. The number of hydrogen-bond donors (Lipinski definition) is 2. The van der Waals surface area contributed by atoms with Crippen LogP contribution in [0.25, 0.3) is 5.52 Å². The average Bonchev–Trinajstić information content (AvgIpc) is 3.30. The molecule has 2 amide bonds. The number of nitrogens with zero attached hydrogens (tertiary/aromatic N) is 4. The Bertz CT molecular complexity index is 825. The molecule has 7 nitrogen and oxygen atoms in total. The second kappa shape index (κ2) is 6.35. The topological polar surface area (TPSA) is 78.3 Å². The van der Waals surface area contributed by atoms with Crippen molar-refractivity contribution in [2.45, 2.75) is 31.8 Å². The van der Waals surface area contributed by atoms with Gasteiger partial charge in [-0.05, 0) is 37.5 Å². The van der Waals surface area contributed by atoms with Crippen molar-refractivity contribution in [3.8, 4) is 0 Å². The number of aromatic nitrogens is 4. The summed E-state index contributed by atoms with van der Waals surface area (Å²) in [5.74, 6) is 0. The monoisotopic (exact) mass is 324 g/mol. The summed E-state index contributed by atoms with van der Waals surface area (Å²) in [5.41, 5.74) is 3.03. The minimum absolute atomic E-state index is 0.0374. The van der Waals surface area contributed by atoms with Gasteiger partial charge in [0.2, 0.25) is 0 Å². The van der Waals surface area contributed by atoms with Gasteiger partial charge in [-0.2, -0.15) is 10.2 Å². The van der Waals surface area contributed by atoms with E-state index in [0.29, 0.717) is 6.54 Å². The van der Waals surface area contributed by atoms with E-state index in [1.54, 1.807) is 12.4 Å². The molecule has 0 radical (unpaired) electrons. The van der Waals surface area contributed by atoms with Crippen LogP contribution >= 0.6 is 0 Å². The Kier molecular flexibility index (Phi) is 3.90. The minimum Gasteiger partial charge on any atom is -0.334 e. The normalized spacial score (nSPS) is 18.0. The van der Waals surface area contributed by atoms with Gasteiger partial charge in [0.05, 0.1) is 23.4 Å². The quantitative estimate of drug-likeness (QED) is 0.777. The maximum atomic E-state index is 12.7. The van der Waals surface area contributed by atoms with Gasteiger partial charge >= 0.3 is 6.03 Å². The lowest BCUT2D eigenvalue weighted by Crippen LogP contribution is -2.44. The number of carbonyl (C=O) groups is 1. The van der Waals surface area contributed by atoms with Gasteiger partial charge in [0, 0.05) is 31.0 Å². The second-order valence-electron chi connectivity index (χ2n) is 6.08. The summed E-state index contributed by atoms with van der Waals surface area (Å²) in [5, 5.41) is 14.4. The summed E-state index contributed by atoms with van der Waals surface area (Å²) in [4.78, 5) is 14.6. The SMILES string of the molecule is O=C(NCc1cnn2ccccc12)N1CCCCC1c1ccn[nH]1. The van der Waals surface area contributed by atoms with Crippen molar-refractivity contribution in [1.82, 2.24) is 30.0 Å². The Morgan fingerprint density at radius 2 is 2.29 bits per heavy atom. The fourth-order valence-corrected chi connectivity index (χ4v) is 3.35. The Morgan fingerprint density at radius 3 is 3.17 bits per heavy atom. The lowest BCUT2D eigenvalue weighted by atomic mass is 10.00. The fourth-order valence-electron chi connectivity index (χ4n) is 3.35. The Labute approximate surface area is 139 Å². The number of hydrogen-bond acceptors (Lipinski definition) is 3. The summed E-state index contributed by atoms with van der Waals surface area (Å²) < 4.78 is 1.82. The van der Waals surface area contributed by atoms with Crippen molar-refractivity contribution in [1.29, 1.82) is 0 Å². The number of aromatic amines is 1. The molecule has 4 heterocycles. The van der Waals surface area contributed by atoms with Crippen LogP contribution in [0.3, 0.4) is 0 Å². The van der Waals surface area contributed by atoms with E-state index in [0.717, 1.165) is 42.6 Å². The first-order chi connectivity index (χ1) is 11.8. The smallest absolute Gasteiger partial charge is 0.318 e. The third-order valence-corrected chi connectivity index (χ3v) is 4.58. The maximum absolute atomic E-state index is 12.7. The number of pyridine rings is 1. The van der Waals surface area contributed by atoms with E-state index in [-0.39, 0.29) is 12.1 Å². The molecule has 1 saturated heterocycles. The largest absolute Gasteiger partial charge is 0.334 e. The standard InChI is InChI=1S/C17H20N6O/c24-17(18-11-13-12-20-23-10-4-2-5-15(13)23)22-9-3-1-6-16(22)14-7-8-19-21-14/h2,4-5,7-8,10,12,16H,1,3,6,9,11H2,(H,18,24)(H,19,21). The predicted molar refractivity (Wildman–Crippen MR) is 89.3 cm³/mol. The van der Waals surface area contributed by atoms with E-state index in [9.17, 15) is 4.79 Å². The number of H-pyrrole nitrogens is 1. The summed E-state index contributed by atoms with van der Waals surface area (Å²) in [7, 11) is 0. The molecule has 1 unspecified atom stereocenters. The third-order valence-electron chi connectivity index (χ3n) is 4.58. The molecule has 3 aromatic heterocycles. The van der Waals surface area contributed by atoms with Gasteiger partial charge in [0.25, 0.3) is 0 Å². The van der Waals surface area contributed by atoms with Gasteiger partial charge in [0.1, 0.15) is 0 Å². The molecule has 0 aliphatic carbocycles. The number of urea groups is 1. The van der Waals surface area contributed by atoms with Crippen molar-refractivity contribution < 1.29 is 4.79 Å². The molecule has 2 N–H and O–H groups in total. The van der Waals surface area contributed by atoms with Crippen molar-refractivity contribution in [3.05, 3.63) is 54.1 Å². The van der Waals surface area contributed by atoms with E-state index in [2.05, 4.69) is 20.6 Å². The molecule has 0 bridgehead atoms. The van der Waals surface area contributed by atoms with Crippen molar-refractivity contribution in [2.24, 2.45) is 0 Å². The van der Waals surface area contributed by atoms with Crippen LogP contribution in [-0.4, -0.2) is 37.3 Å². The number of likely N-dealkylation sites (tertiary alicyclic amines) is 1. The second-order valence-corrected chi connectivity index (χ2v) is 6.08. The van der Waals surface area contributed by atoms with Crippen molar-refractivity contribution in [3.63, 3.8) is 0 Å². The first-order valence-corrected chi connectivity index (χ1v) is 8.28. The molecule has 124 valence electrons. The van der Waals surface area contributed by atoms with Crippen LogP contribution in [0.15, 0.2) is 42.9 Å². The van der Waals surface area contributed by atoms with Crippen LogP contribution in [-0.2, 0) is 6.54 Å². The number of fused-ring (bicyclic) bond motifs is 1. The molecule has 0 spiro atoms. The number of nitrogens with one attached hydrogen (secondary N) is 2. The molecule has 4 rings (SSSR count). The minimum atomic E-state index is -0.0374. The summed E-state index contributed by atoms with van der Waals surface area (Å²) in [6, 6.07) is 7.89. The maximum Gasteiger partial charge on any atom is 0.318 e. The molecule has 24 heavy (non-hydrogen) atoms. The lowest BCUT2D eigenvalue weighted by molar-refractivity contribution is 0.149. The van der Waals surface area contributed by atoms with E-state index in [4.69, 9.17) is 0 Å². The molecule has 1 aliphatic heterocycles. The highest BCUT2D eigenvalue weighted by Crippen LogP contribution is 2.29. The van der Waals surface area contributed by atoms with E-state index >= 15 is 0 Å². The molecule has 1 fully saturated rings. The number of amides is 2. The highest BCUT2D eigenvalue weighted by molar-refractivity contribution is 5.75. The highest BCUT2D eigenvalue weighted by atomic mass is 16.2. The molecular weight excluding hydrogens is 304 g/mol. The fraction of sp³-hybridized carbons (Fsp3) is 0.353. The van der Waals surface area contributed by atoms with Gasteiger partial charge in [-0.15, -0.1) is 0 Å². The number of rotatable bonds is 3. The Hall–Kier alpha value is -2.83. The molecular formula is C17H20N6O. The highest BCUT2D eigenvalue weighted by Gasteiger charge is 2.28. The summed E-state index contributed by atoms with van der Waals surface area (Å²) in [6.45, 7) is 1.24. The van der Waals surface area contributed by atoms with Crippen LogP contribution < -0.4 is 5.32 Å². The molecule has 7 heteroatoms. The molecule has 1 atom stereocenters. The zero-order valence-electron chi connectivity index (χ0n) is 13.4. The van der Waals surface area contributed by atoms with Crippen molar-refractivity contribution >= 4 is 11.5 Å². The summed E-state index contributed by atoms with van der Waals surface area (Å²) >= 11 is 0. The van der Waals surface area contributed by atoms with Crippen molar-refractivity contribution in [2.75, 3.05) is 6.54 Å². The van der Waals surface area contributed by atoms with Gasteiger partial charge in [0.15, 0.2) is 0 Å². The zero-order valence-corrected chi connectivity index (χ0v) is 13.4. The summed E-state index contributed by atoms with van der Waals surface area (Å²) in [6.07, 6.45) is 8.57. The Morgan fingerprint density at radius 1 is 1.33 bits per heavy atom. The predicted octanol–water partition coefficient (Wildman–Crippen LogP) is 2.49. The first kappa shape index (κ1) is 14.7. The van der Waals surface area contributed by atoms with Crippen LogP contribution in [0, 0.1) is 0 Å². The van der Waals surface area contributed by atoms with Gasteiger partial charge in [-0.3, -0.25) is 5.10 Å². The number of piperidine rings is 1.